The average molecular weight is 271 g/mol. The molecule has 1 heterocycles. The number of rotatable bonds is 4. The number of aliphatic hydroxyl groups excluding tert-OH is 1. The quantitative estimate of drug-likeness (QED) is 0.715. The summed E-state index contributed by atoms with van der Waals surface area (Å²) in [6.07, 6.45) is -0.113. The first-order valence-corrected chi connectivity index (χ1v) is 6.89. The first kappa shape index (κ1) is 15.9. The van der Waals surface area contributed by atoms with E-state index in [1.165, 1.54) is 6.92 Å². The first-order chi connectivity index (χ1) is 8.88. The molecule has 0 aliphatic carbocycles. The zero-order chi connectivity index (χ0) is 14.6. The summed E-state index contributed by atoms with van der Waals surface area (Å²) in [4.78, 5) is 27.1. The van der Waals surface area contributed by atoms with Crippen molar-refractivity contribution in [2.45, 2.75) is 39.3 Å². The molecule has 1 aliphatic rings. The van der Waals surface area contributed by atoms with Crippen molar-refractivity contribution in [1.29, 1.82) is 0 Å². The molecule has 0 aromatic carbocycles. The van der Waals surface area contributed by atoms with E-state index in [0.29, 0.717) is 26.2 Å². The Labute approximate surface area is 114 Å². The van der Waals surface area contributed by atoms with Crippen LogP contribution in [0.3, 0.4) is 0 Å². The van der Waals surface area contributed by atoms with E-state index in [9.17, 15) is 14.7 Å². The van der Waals surface area contributed by atoms with Gasteiger partial charge in [0.2, 0.25) is 5.91 Å². The molecule has 3 atom stereocenters. The summed E-state index contributed by atoms with van der Waals surface area (Å²) in [6.45, 7) is 7.33. The van der Waals surface area contributed by atoms with Gasteiger partial charge >= 0.3 is 0 Å². The van der Waals surface area contributed by atoms with Crippen LogP contribution in [-0.2, 0) is 9.59 Å². The Morgan fingerprint density at radius 3 is 1.89 bits per heavy atom. The number of nitrogens with two attached hydrogens (primary N) is 1. The molecule has 0 aromatic rings. The lowest BCUT2D eigenvalue weighted by Crippen LogP contribution is -2.56. The Kier molecular flexibility index (Phi) is 5.75. The number of hydrogen-bond acceptors (Lipinski definition) is 4. The molecule has 0 bridgehead atoms. The van der Waals surface area contributed by atoms with Crippen LogP contribution in [0, 0.1) is 5.92 Å². The van der Waals surface area contributed by atoms with Gasteiger partial charge in [-0.2, -0.15) is 0 Å². The molecule has 0 saturated carbocycles. The molecule has 2 amide bonds. The number of carbonyl (C=O) groups is 2. The lowest BCUT2D eigenvalue weighted by atomic mass is 9.98. The molecule has 0 aromatic heterocycles. The first-order valence-electron chi connectivity index (χ1n) is 6.89. The third-order valence-corrected chi connectivity index (χ3v) is 3.80. The van der Waals surface area contributed by atoms with Crippen molar-refractivity contribution in [2.24, 2.45) is 11.7 Å². The highest BCUT2D eigenvalue weighted by Gasteiger charge is 2.29. The predicted octanol–water partition coefficient (Wildman–Crippen LogP) is -0.589. The molecule has 0 spiro atoms. The highest BCUT2D eigenvalue weighted by molar-refractivity contribution is 5.83. The van der Waals surface area contributed by atoms with Crippen LogP contribution >= 0.6 is 0 Å². The molecule has 1 aliphatic heterocycles. The second-order valence-electron chi connectivity index (χ2n) is 5.24. The molecule has 1 saturated heterocycles. The van der Waals surface area contributed by atoms with Gasteiger partial charge in [0.05, 0.1) is 6.04 Å². The number of carbonyl (C=O) groups excluding carboxylic acids is 2. The van der Waals surface area contributed by atoms with Gasteiger partial charge in [-0.25, -0.2) is 0 Å². The van der Waals surface area contributed by atoms with Gasteiger partial charge in [-0.15, -0.1) is 0 Å². The molecule has 6 heteroatoms. The lowest BCUT2D eigenvalue weighted by molar-refractivity contribution is -0.145. The van der Waals surface area contributed by atoms with E-state index in [-0.39, 0.29) is 17.7 Å². The van der Waals surface area contributed by atoms with E-state index in [1.807, 2.05) is 13.8 Å². The second-order valence-corrected chi connectivity index (χ2v) is 5.24. The van der Waals surface area contributed by atoms with Crippen LogP contribution in [0.15, 0.2) is 0 Å². The third kappa shape index (κ3) is 3.91. The Bertz CT molecular complexity index is 325. The summed E-state index contributed by atoms with van der Waals surface area (Å²) in [5.74, 6) is -0.165. The summed E-state index contributed by atoms with van der Waals surface area (Å²) >= 11 is 0. The van der Waals surface area contributed by atoms with Gasteiger partial charge in [-0.05, 0) is 12.8 Å². The van der Waals surface area contributed by atoms with Gasteiger partial charge in [0.1, 0.15) is 6.10 Å². The van der Waals surface area contributed by atoms with Crippen LogP contribution in [0.5, 0.6) is 0 Å². The molecule has 1 rings (SSSR count). The highest BCUT2D eigenvalue weighted by Crippen LogP contribution is 2.11. The average Bonchev–Trinajstić information content (AvgIpc) is 2.44. The number of hydrogen-bond donors (Lipinski definition) is 2. The van der Waals surface area contributed by atoms with Crippen molar-refractivity contribution in [3.8, 4) is 0 Å². The minimum Gasteiger partial charge on any atom is -0.384 e. The summed E-state index contributed by atoms with van der Waals surface area (Å²) < 4.78 is 0. The summed E-state index contributed by atoms with van der Waals surface area (Å²) in [5.41, 5.74) is 5.93. The molecule has 1 fully saturated rings. The monoisotopic (exact) mass is 271 g/mol. The van der Waals surface area contributed by atoms with Crippen LogP contribution in [0.4, 0.5) is 0 Å². The topological polar surface area (TPSA) is 86.9 Å². The normalized spacial score (nSPS) is 20.9. The van der Waals surface area contributed by atoms with E-state index < -0.39 is 12.1 Å². The van der Waals surface area contributed by atoms with E-state index in [0.717, 1.165) is 6.42 Å². The number of aliphatic hydroxyl groups is 1. The summed E-state index contributed by atoms with van der Waals surface area (Å²) in [5, 5.41) is 9.25. The summed E-state index contributed by atoms with van der Waals surface area (Å²) in [7, 11) is 0. The number of nitrogens with zero attached hydrogens (tertiary/aromatic N) is 2. The van der Waals surface area contributed by atoms with Gasteiger partial charge in [0, 0.05) is 26.2 Å². The summed E-state index contributed by atoms with van der Waals surface area (Å²) in [6, 6.07) is -0.469. The largest absolute Gasteiger partial charge is 0.384 e. The molecule has 19 heavy (non-hydrogen) atoms. The maximum atomic E-state index is 12.2. The zero-order valence-electron chi connectivity index (χ0n) is 12.0. The van der Waals surface area contributed by atoms with Crippen molar-refractivity contribution in [3.05, 3.63) is 0 Å². The number of amides is 2. The van der Waals surface area contributed by atoms with Gasteiger partial charge in [-0.3, -0.25) is 9.59 Å². The van der Waals surface area contributed by atoms with Crippen LogP contribution in [0.1, 0.15) is 27.2 Å². The Morgan fingerprint density at radius 1 is 1.11 bits per heavy atom. The molecule has 0 radical (unpaired) electrons. The van der Waals surface area contributed by atoms with Crippen molar-refractivity contribution in [3.63, 3.8) is 0 Å². The smallest absolute Gasteiger partial charge is 0.251 e. The molecular weight excluding hydrogens is 246 g/mol. The second kappa shape index (κ2) is 6.86. The van der Waals surface area contributed by atoms with Crippen molar-refractivity contribution >= 4 is 11.8 Å². The maximum absolute atomic E-state index is 12.2. The van der Waals surface area contributed by atoms with Gasteiger partial charge < -0.3 is 20.6 Å². The Morgan fingerprint density at radius 2 is 1.53 bits per heavy atom. The highest BCUT2D eigenvalue weighted by atomic mass is 16.3. The fourth-order valence-electron chi connectivity index (χ4n) is 2.12. The van der Waals surface area contributed by atoms with Crippen molar-refractivity contribution in [2.75, 3.05) is 26.2 Å². The molecule has 3 unspecified atom stereocenters. The van der Waals surface area contributed by atoms with Gasteiger partial charge in [0.25, 0.3) is 5.91 Å². The van der Waals surface area contributed by atoms with Crippen LogP contribution < -0.4 is 5.73 Å². The molecular formula is C13H25N3O3. The minimum atomic E-state index is -0.982. The van der Waals surface area contributed by atoms with Gasteiger partial charge in [-0.1, -0.05) is 20.3 Å². The molecule has 110 valence electrons. The SMILES string of the molecule is CCC(C)C(N)C(=O)N1CCN(C(=O)C(C)O)CC1. The maximum Gasteiger partial charge on any atom is 0.251 e. The molecule has 3 N–H and O–H groups in total. The third-order valence-electron chi connectivity index (χ3n) is 3.80. The fraction of sp³-hybridized carbons (Fsp3) is 0.846. The lowest BCUT2D eigenvalue weighted by Gasteiger charge is -2.37. The Balaban J connectivity index is 2.50. The van der Waals surface area contributed by atoms with Crippen LogP contribution in [0.2, 0.25) is 0 Å². The van der Waals surface area contributed by atoms with E-state index in [4.69, 9.17) is 5.73 Å². The minimum absolute atomic E-state index is 0.0431. The fourth-order valence-corrected chi connectivity index (χ4v) is 2.12. The predicted molar refractivity (Wildman–Crippen MR) is 72.3 cm³/mol. The van der Waals surface area contributed by atoms with Gasteiger partial charge in [0.15, 0.2) is 0 Å². The van der Waals surface area contributed by atoms with Crippen molar-refractivity contribution < 1.29 is 14.7 Å². The van der Waals surface area contributed by atoms with Crippen LogP contribution in [-0.4, -0.2) is 65.0 Å². The Hall–Kier alpha value is -1.14. The number of piperazine rings is 1. The standard InChI is InChI=1S/C13H25N3O3/c1-4-9(2)11(14)13(19)16-7-5-15(6-8-16)12(18)10(3)17/h9-11,17H,4-8,14H2,1-3H3. The van der Waals surface area contributed by atoms with Crippen molar-refractivity contribution in [1.82, 2.24) is 9.80 Å². The van der Waals surface area contributed by atoms with E-state index >= 15 is 0 Å². The van der Waals surface area contributed by atoms with E-state index in [1.54, 1.807) is 9.80 Å². The molecule has 6 nitrogen and oxygen atoms in total. The zero-order valence-corrected chi connectivity index (χ0v) is 12.0. The van der Waals surface area contributed by atoms with Crippen LogP contribution in [0.25, 0.3) is 0 Å². The van der Waals surface area contributed by atoms with E-state index in [2.05, 4.69) is 0 Å².